The van der Waals surface area contributed by atoms with Gasteiger partial charge in [-0.2, -0.15) is 0 Å². The second-order valence-electron chi connectivity index (χ2n) is 4.06. The zero-order valence-electron chi connectivity index (χ0n) is 10.3. The molecule has 3 N–H and O–H groups in total. The fourth-order valence-corrected chi connectivity index (χ4v) is 1.62. The SMILES string of the molecule is Cc1cc(N)cnc1NC(=O)c1ncccc1C. The number of nitrogens with zero attached hydrogens (tertiary/aromatic N) is 2. The van der Waals surface area contributed by atoms with Crippen LogP contribution in [-0.4, -0.2) is 15.9 Å². The van der Waals surface area contributed by atoms with E-state index in [1.807, 2.05) is 19.9 Å². The van der Waals surface area contributed by atoms with E-state index in [0.29, 0.717) is 17.2 Å². The van der Waals surface area contributed by atoms with Gasteiger partial charge in [0.05, 0.1) is 11.9 Å². The third-order valence-electron chi connectivity index (χ3n) is 2.56. The maximum atomic E-state index is 12.0. The molecule has 92 valence electrons. The van der Waals surface area contributed by atoms with Crippen LogP contribution in [0.4, 0.5) is 11.5 Å². The molecule has 2 heterocycles. The van der Waals surface area contributed by atoms with Crippen LogP contribution in [0.2, 0.25) is 0 Å². The molecule has 0 atom stereocenters. The lowest BCUT2D eigenvalue weighted by Crippen LogP contribution is -2.16. The summed E-state index contributed by atoms with van der Waals surface area (Å²) in [6, 6.07) is 5.39. The van der Waals surface area contributed by atoms with E-state index in [2.05, 4.69) is 15.3 Å². The van der Waals surface area contributed by atoms with Crippen molar-refractivity contribution in [1.29, 1.82) is 0 Å². The summed E-state index contributed by atoms with van der Waals surface area (Å²) in [5, 5.41) is 2.73. The van der Waals surface area contributed by atoms with Crippen molar-refractivity contribution in [2.45, 2.75) is 13.8 Å². The lowest BCUT2D eigenvalue weighted by molar-refractivity contribution is 0.102. The Morgan fingerprint density at radius 2 is 2.06 bits per heavy atom. The summed E-state index contributed by atoms with van der Waals surface area (Å²) in [5.41, 5.74) is 8.21. The molecule has 5 heteroatoms. The Bertz CT molecular complexity index is 595. The quantitative estimate of drug-likeness (QED) is 0.843. The molecule has 0 unspecified atom stereocenters. The average Bonchev–Trinajstić information content (AvgIpc) is 2.33. The van der Waals surface area contributed by atoms with E-state index in [9.17, 15) is 4.79 Å². The van der Waals surface area contributed by atoms with Crippen molar-refractivity contribution < 1.29 is 4.79 Å². The summed E-state index contributed by atoms with van der Waals surface area (Å²) in [5.74, 6) is 0.229. The standard InChI is InChI=1S/C13H14N4O/c1-8-4-3-5-15-11(8)13(18)17-12-9(2)6-10(14)7-16-12/h3-7H,14H2,1-2H3,(H,16,17,18). The van der Waals surface area contributed by atoms with Crippen molar-refractivity contribution in [3.63, 3.8) is 0 Å². The summed E-state index contributed by atoms with van der Waals surface area (Å²) in [7, 11) is 0. The van der Waals surface area contributed by atoms with Crippen LogP contribution < -0.4 is 11.1 Å². The predicted molar refractivity (Wildman–Crippen MR) is 70.3 cm³/mol. The summed E-state index contributed by atoms with van der Waals surface area (Å²) in [6.45, 7) is 3.68. The number of nitrogen functional groups attached to an aromatic ring is 1. The van der Waals surface area contributed by atoms with Gasteiger partial charge < -0.3 is 11.1 Å². The van der Waals surface area contributed by atoms with Gasteiger partial charge in [0.25, 0.3) is 5.91 Å². The molecule has 5 nitrogen and oxygen atoms in total. The van der Waals surface area contributed by atoms with Crippen molar-refractivity contribution in [1.82, 2.24) is 9.97 Å². The van der Waals surface area contributed by atoms with Crippen LogP contribution in [0.1, 0.15) is 21.6 Å². The molecule has 0 saturated heterocycles. The molecule has 0 aliphatic carbocycles. The molecular formula is C13H14N4O. The van der Waals surface area contributed by atoms with Gasteiger partial charge in [-0.05, 0) is 37.1 Å². The highest BCUT2D eigenvalue weighted by atomic mass is 16.1. The summed E-state index contributed by atoms with van der Waals surface area (Å²) in [6.07, 6.45) is 3.10. The molecule has 0 spiro atoms. The number of hydrogen-bond donors (Lipinski definition) is 2. The molecule has 0 aliphatic heterocycles. The molecule has 2 aromatic heterocycles. The van der Waals surface area contributed by atoms with E-state index in [-0.39, 0.29) is 5.91 Å². The van der Waals surface area contributed by atoms with Gasteiger partial charge in [0.15, 0.2) is 0 Å². The van der Waals surface area contributed by atoms with Gasteiger partial charge in [-0.1, -0.05) is 6.07 Å². The van der Waals surface area contributed by atoms with Gasteiger partial charge in [0.1, 0.15) is 11.5 Å². The topological polar surface area (TPSA) is 80.9 Å². The molecule has 0 saturated carbocycles. The zero-order chi connectivity index (χ0) is 13.1. The van der Waals surface area contributed by atoms with Crippen molar-refractivity contribution >= 4 is 17.4 Å². The number of carbonyl (C=O) groups is 1. The molecule has 0 aromatic carbocycles. The minimum atomic E-state index is -0.270. The number of nitrogens with two attached hydrogens (primary N) is 1. The fourth-order valence-electron chi connectivity index (χ4n) is 1.62. The largest absolute Gasteiger partial charge is 0.397 e. The minimum Gasteiger partial charge on any atom is -0.397 e. The number of aryl methyl sites for hydroxylation is 2. The molecule has 1 amide bonds. The van der Waals surface area contributed by atoms with E-state index in [4.69, 9.17) is 5.73 Å². The number of anilines is 2. The molecule has 0 bridgehead atoms. The first-order chi connectivity index (χ1) is 8.58. The Morgan fingerprint density at radius 1 is 1.28 bits per heavy atom. The smallest absolute Gasteiger partial charge is 0.275 e. The first-order valence-electron chi connectivity index (χ1n) is 5.53. The minimum absolute atomic E-state index is 0.270. The van der Waals surface area contributed by atoms with Crippen molar-refractivity contribution in [3.8, 4) is 0 Å². The van der Waals surface area contributed by atoms with E-state index >= 15 is 0 Å². The number of aromatic nitrogens is 2. The van der Waals surface area contributed by atoms with Gasteiger partial charge >= 0.3 is 0 Å². The normalized spacial score (nSPS) is 10.1. The molecule has 0 radical (unpaired) electrons. The molecule has 0 aliphatic rings. The highest BCUT2D eigenvalue weighted by molar-refractivity contribution is 6.03. The van der Waals surface area contributed by atoms with Crippen molar-refractivity contribution in [2.75, 3.05) is 11.1 Å². The van der Waals surface area contributed by atoms with E-state index in [1.54, 1.807) is 18.3 Å². The van der Waals surface area contributed by atoms with Gasteiger partial charge in [-0.25, -0.2) is 4.98 Å². The van der Waals surface area contributed by atoms with Crippen LogP contribution >= 0.6 is 0 Å². The maximum absolute atomic E-state index is 12.0. The van der Waals surface area contributed by atoms with Crippen molar-refractivity contribution in [2.24, 2.45) is 0 Å². The molecule has 18 heavy (non-hydrogen) atoms. The van der Waals surface area contributed by atoms with Crippen LogP contribution in [0.25, 0.3) is 0 Å². The average molecular weight is 242 g/mol. The number of carbonyl (C=O) groups excluding carboxylic acids is 1. The van der Waals surface area contributed by atoms with E-state index in [0.717, 1.165) is 11.1 Å². The van der Waals surface area contributed by atoms with Crippen LogP contribution in [0.3, 0.4) is 0 Å². The first-order valence-corrected chi connectivity index (χ1v) is 5.53. The number of nitrogens with one attached hydrogen (secondary N) is 1. The Morgan fingerprint density at radius 3 is 2.72 bits per heavy atom. The second kappa shape index (κ2) is 4.83. The lowest BCUT2D eigenvalue weighted by atomic mass is 10.2. The van der Waals surface area contributed by atoms with E-state index < -0.39 is 0 Å². The number of rotatable bonds is 2. The summed E-state index contributed by atoms with van der Waals surface area (Å²) in [4.78, 5) is 20.2. The zero-order valence-corrected chi connectivity index (χ0v) is 10.3. The van der Waals surface area contributed by atoms with Crippen LogP contribution in [-0.2, 0) is 0 Å². The van der Waals surface area contributed by atoms with Crippen LogP contribution in [0, 0.1) is 13.8 Å². The Balaban J connectivity index is 2.24. The van der Waals surface area contributed by atoms with Gasteiger partial charge in [-0.15, -0.1) is 0 Å². The predicted octanol–water partition coefficient (Wildman–Crippen LogP) is 1.93. The Kier molecular flexibility index (Phi) is 3.23. The number of amides is 1. The summed E-state index contributed by atoms with van der Waals surface area (Å²) < 4.78 is 0. The Hall–Kier alpha value is -2.43. The van der Waals surface area contributed by atoms with E-state index in [1.165, 1.54) is 6.20 Å². The monoisotopic (exact) mass is 242 g/mol. The van der Waals surface area contributed by atoms with Crippen molar-refractivity contribution in [3.05, 3.63) is 47.4 Å². The third kappa shape index (κ3) is 2.45. The van der Waals surface area contributed by atoms with Gasteiger partial charge in [0, 0.05) is 6.20 Å². The summed E-state index contributed by atoms with van der Waals surface area (Å²) >= 11 is 0. The van der Waals surface area contributed by atoms with Crippen LogP contribution in [0.15, 0.2) is 30.6 Å². The molecular weight excluding hydrogens is 228 g/mol. The fraction of sp³-hybridized carbons (Fsp3) is 0.154. The first kappa shape index (κ1) is 12.0. The molecule has 2 rings (SSSR count). The molecule has 2 aromatic rings. The third-order valence-corrected chi connectivity index (χ3v) is 2.56. The lowest BCUT2D eigenvalue weighted by Gasteiger charge is -2.08. The number of hydrogen-bond acceptors (Lipinski definition) is 4. The second-order valence-corrected chi connectivity index (χ2v) is 4.06. The van der Waals surface area contributed by atoms with Crippen LogP contribution in [0.5, 0.6) is 0 Å². The van der Waals surface area contributed by atoms with Gasteiger partial charge in [-0.3, -0.25) is 9.78 Å². The highest BCUT2D eigenvalue weighted by Gasteiger charge is 2.12. The molecule has 0 fully saturated rings. The van der Waals surface area contributed by atoms with Gasteiger partial charge in [0.2, 0.25) is 0 Å². The Labute approximate surface area is 105 Å². The highest BCUT2D eigenvalue weighted by Crippen LogP contribution is 2.15. The number of pyridine rings is 2. The maximum Gasteiger partial charge on any atom is 0.275 e.